The van der Waals surface area contributed by atoms with E-state index in [4.69, 9.17) is 0 Å². The molecule has 18 heavy (non-hydrogen) atoms. The van der Waals surface area contributed by atoms with Crippen LogP contribution in [0.2, 0.25) is 0 Å². The highest BCUT2D eigenvalue weighted by Crippen LogP contribution is 2.47. The Morgan fingerprint density at radius 2 is 2.06 bits per heavy atom. The molecule has 1 aliphatic carbocycles. The highest BCUT2D eigenvalue weighted by atomic mass is 16.3. The normalized spacial score (nSPS) is 26.2. The third kappa shape index (κ3) is 1.66. The number of hydrogen-bond acceptors (Lipinski definition) is 2. The highest BCUT2D eigenvalue weighted by molar-refractivity contribution is 5.44. The molecule has 2 atom stereocenters. The Labute approximate surface area is 109 Å². The maximum absolute atomic E-state index is 10.9. The van der Waals surface area contributed by atoms with Crippen molar-refractivity contribution >= 4 is 0 Å². The maximum atomic E-state index is 10.9. The molecule has 0 aromatic heterocycles. The van der Waals surface area contributed by atoms with Crippen molar-refractivity contribution in [1.29, 1.82) is 5.26 Å². The predicted octanol–water partition coefficient (Wildman–Crippen LogP) is 3.19. The van der Waals surface area contributed by atoms with Crippen LogP contribution in [0.25, 0.3) is 0 Å². The van der Waals surface area contributed by atoms with Gasteiger partial charge in [-0.1, -0.05) is 38.1 Å². The van der Waals surface area contributed by atoms with Gasteiger partial charge in [-0.2, -0.15) is 5.26 Å². The summed E-state index contributed by atoms with van der Waals surface area (Å²) in [6.45, 7) is 5.77. The summed E-state index contributed by atoms with van der Waals surface area (Å²) in [6.07, 6.45) is 2.72. The minimum absolute atomic E-state index is 0.0447. The molecule has 1 aliphatic rings. The van der Waals surface area contributed by atoms with E-state index < -0.39 is 11.0 Å². The van der Waals surface area contributed by atoms with Crippen LogP contribution in [-0.4, -0.2) is 10.7 Å². The molecule has 1 N–H and O–H groups in total. The summed E-state index contributed by atoms with van der Waals surface area (Å²) in [6, 6.07) is 10.5. The molecule has 0 saturated heterocycles. The summed E-state index contributed by atoms with van der Waals surface area (Å²) < 4.78 is 0. The van der Waals surface area contributed by atoms with E-state index in [1.807, 2.05) is 39.0 Å². The summed E-state index contributed by atoms with van der Waals surface area (Å²) in [7, 11) is 0. The Balaban J connectivity index is 2.64. The molecule has 0 spiro atoms. The second-order valence-electron chi connectivity index (χ2n) is 5.83. The van der Waals surface area contributed by atoms with Crippen LogP contribution in [0, 0.1) is 17.2 Å². The van der Waals surface area contributed by atoms with Crippen LogP contribution in [0.1, 0.15) is 44.7 Å². The van der Waals surface area contributed by atoms with Crippen molar-refractivity contribution in [3.63, 3.8) is 0 Å². The molecule has 0 aliphatic heterocycles. The summed E-state index contributed by atoms with van der Waals surface area (Å²) in [5.41, 5.74) is 0.470. The monoisotopic (exact) mass is 243 g/mol. The largest absolute Gasteiger partial charge is 0.388 e. The smallest absolute Gasteiger partial charge is 0.111 e. The van der Waals surface area contributed by atoms with Gasteiger partial charge in [0.2, 0.25) is 0 Å². The number of aryl methyl sites for hydroxylation is 1. The van der Waals surface area contributed by atoms with E-state index in [0.29, 0.717) is 0 Å². The third-order valence-corrected chi connectivity index (χ3v) is 4.65. The standard InChI is InChI=1S/C16H21NO/c1-12(2)15(3,18)16(11-17)10-6-8-13-7-4-5-9-14(13)16/h4-5,7,9,12,18H,6,8,10H2,1-3H3. The first-order chi connectivity index (χ1) is 8.45. The first-order valence-electron chi connectivity index (χ1n) is 6.68. The van der Waals surface area contributed by atoms with Crippen LogP contribution in [-0.2, 0) is 11.8 Å². The van der Waals surface area contributed by atoms with Crippen LogP contribution in [0.5, 0.6) is 0 Å². The second kappa shape index (κ2) is 4.40. The molecule has 0 heterocycles. The number of rotatable bonds is 2. The van der Waals surface area contributed by atoms with Gasteiger partial charge in [-0.15, -0.1) is 0 Å². The minimum atomic E-state index is -1.00. The Morgan fingerprint density at radius 1 is 1.39 bits per heavy atom. The Kier molecular flexibility index (Phi) is 3.21. The number of hydrogen-bond donors (Lipinski definition) is 1. The lowest BCUT2D eigenvalue weighted by molar-refractivity contribution is -0.0466. The van der Waals surface area contributed by atoms with Gasteiger partial charge in [0.15, 0.2) is 0 Å². The maximum Gasteiger partial charge on any atom is 0.111 e. The van der Waals surface area contributed by atoms with E-state index in [1.54, 1.807) is 0 Å². The zero-order valence-corrected chi connectivity index (χ0v) is 11.4. The molecule has 2 nitrogen and oxygen atoms in total. The molecule has 0 bridgehead atoms. The Hall–Kier alpha value is -1.33. The first-order valence-corrected chi connectivity index (χ1v) is 6.68. The molecule has 0 radical (unpaired) electrons. The van der Waals surface area contributed by atoms with Gasteiger partial charge >= 0.3 is 0 Å². The van der Waals surface area contributed by atoms with Gasteiger partial charge in [-0.25, -0.2) is 0 Å². The minimum Gasteiger partial charge on any atom is -0.388 e. The molecular weight excluding hydrogens is 222 g/mol. The summed E-state index contributed by atoms with van der Waals surface area (Å²) in [4.78, 5) is 0. The number of aliphatic hydroxyl groups is 1. The van der Waals surface area contributed by atoms with E-state index in [-0.39, 0.29) is 5.92 Å². The molecule has 2 unspecified atom stereocenters. The lowest BCUT2D eigenvalue weighted by Crippen LogP contribution is -2.53. The third-order valence-electron chi connectivity index (χ3n) is 4.65. The van der Waals surface area contributed by atoms with E-state index in [2.05, 4.69) is 12.1 Å². The molecule has 2 heteroatoms. The molecule has 2 rings (SSSR count). The van der Waals surface area contributed by atoms with Crippen LogP contribution >= 0.6 is 0 Å². The second-order valence-corrected chi connectivity index (χ2v) is 5.83. The van der Waals surface area contributed by atoms with Gasteiger partial charge in [-0.3, -0.25) is 0 Å². The molecule has 0 amide bonds. The van der Waals surface area contributed by atoms with Crippen LogP contribution in [0.3, 0.4) is 0 Å². The Morgan fingerprint density at radius 3 is 2.67 bits per heavy atom. The Bertz CT molecular complexity index is 484. The van der Waals surface area contributed by atoms with Crippen LogP contribution < -0.4 is 0 Å². The van der Waals surface area contributed by atoms with Crippen molar-refractivity contribution < 1.29 is 5.11 Å². The topological polar surface area (TPSA) is 44.0 Å². The fourth-order valence-electron chi connectivity index (χ4n) is 3.08. The fourth-order valence-corrected chi connectivity index (χ4v) is 3.08. The highest BCUT2D eigenvalue weighted by Gasteiger charge is 2.52. The average molecular weight is 243 g/mol. The van der Waals surface area contributed by atoms with Gasteiger partial charge in [0.25, 0.3) is 0 Å². The molecule has 96 valence electrons. The van der Waals surface area contributed by atoms with E-state index in [9.17, 15) is 10.4 Å². The summed E-state index contributed by atoms with van der Waals surface area (Å²) in [5, 5.41) is 20.7. The van der Waals surface area contributed by atoms with Crippen molar-refractivity contribution in [3.05, 3.63) is 35.4 Å². The van der Waals surface area contributed by atoms with Crippen molar-refractivity contribution in [1.82, 2.24) is 0 Å². The van der Waals surface area contributed by atoms with E-state index in [0.717, 1.165) is 24.8 Å². The molecule has 1 aromatic rings. The van der Waals surface area contributed by atoms with Gasteiger partial charge in [0.1, 0.15) is 5.41 Å². The number of fused-ring (bicyclic) bond motifs is 1. The van der Waals surface area contributed by atoms with Crippen molar-refractivity contribution in [2.45, 2.75) is 51.0 Å². The SMILES string of the molecule is CC(C)C(C)(O)C1(C#N)CCCc2ccccc21. The van der Waals surface area contributed by atoms with Gasteiger partial charge in [0, 0.05) is 0 Å². The zero-order chi connectivity index (χ0) is 13.4. The van der Waals surface area contributed by atoms with Crippen molar-refractivity contribution in [2.75, 3.05) is 0 Å². The average Bonchev–Trinajstić information content (AvgIpc) is 2.37. The van der Waals surface area contributed by atoms with E-state index in [1.165, 1.54) is 5.56 Å². The first kappa shape index (κ1) is 13.1. The number of nitriles is 1. The van der Waals surface area contributed by atoms with Crippen molar-refractivity contribution in [3.8, 4) is 6.07 Å². The molecule has 1 aromatic carbocycles. The van der Waals surface area contributed by atoms with E-state index >= 15 is 0 Å². The van der Waals surface area contributed by atoms with Crippen molar-refractivity contribution in [2.24, 2.45) is 5.92 Å². The summed E-state index contributed by atoms with van der Waals surface area (Å²) >= 11 is 0. The number of benzene rings is 1. The molecule has 0 fully saturated rings. The quantitative estimate of drug-likeness (QED) is 0.867. The molecule has 0 saturated carbocycles. The summed E-state index contributed by atoms with van der Waals surface area (Å²) in [5.74, 6) is 0.0447. The van der Waals surface area contributed by atoms with Gasteiger partial charge in [-0.05, 0) is 43.2 Å². The lowest BCUT2D eigenvalue weighted by atomic mass is 9.59. The van der Waals surface area contributed by atoms with Gasteiger partial charge < -0.3 is 5.11 Å². The van der Waals surface area contributed by atoms with Gasteiger partial charge in [0.05, 0.1) is 11.7 Å². The molecular formula is C16H21NO. The predicted molar refractivity (Wildman–Crippen MR) is 72.1 cm³/mol. The lowest BCUT2D eigenvalue weighted by Gasteiger charge is -2.46. The van der Waals surface area contributed by atoms with Crippen LogP contribution in [0.4, 0.5) is 0 Å². The number of nitrogens with zero attached hydrogens (tertiary/aromatic N) is 1. The zero-order valence-electron chi connectivity index (χ0n) is 11.4. The fraction of sp³-hybridized carbons (Fsp3) is 0.562. The van der Waals surface area contributed by atoms with Crippen LogP contribution in [0.15, 0.2) is 24.3 Å².